The van der Waals surface area contributed by atoms with Gasteiger partial charge in [-0.05, 0) is 32.4 Å². The van der Waals surface area contributed by atoms with Crippen LogP contribution >= 0.6 is 11.3 Å². The molecule has 150 valence electrons. The molecular weight excluding hydrogens is 384 g/mol. The lowest BCUT2D eigenvalue weighted by Gasteiger charge is -2.21. The maximum atomic E-state index is 12.7. The number of hydrogen-bond acceptors (Lipinski definition) is 4. The van der Waals surface area contributed by atoms with Crippen LogP contribution in [0, 0.1) is 13.8 Å². The van der Waals surface area contributed by atoms with Crippen molar-refractivity contribution in [2.24, 2.45) is 0 Å². The van der Waals surface area contributed by atoms with Crippen LogP contribution in [0.4, 0.5) is 9.93 Å². The summed E-state index contributed by atoms with van der Waals surface area (Å²) < 4.78 is 0. The molecule has 0 radical (unpaired) electrons. The molecule has 2 N–H and O–H groups in total. The lowest BCUT2D eigenvalue weighted by molar-refractivity contribution is 0.0950. The van der Waals surface area contributed by atoms with Gasteiger partial charge in [0.25, 0.3) is 5.91 Å². The fraction of sp³-hybridized carbons (Fsp3) is 0.227. The first-order valence-electron chi connectivity index (χ1n) is 9.46. The number of anilines is 1. The molecule has 6 nitrogen and oxygen atoms in total. The molecule has 3 amide bonds. The van der Waals surface area contributed by atoms with Gasteiger partial charge < -0.3 is 5.32 Å². The average molecular weight is 409 g/mol. The summed E-state index contributed by atoms with van der Waals surface area (Å²) in [5.41, 5.74) is 7.08. The normalized spacial score (nSPS) is 10.4. The number of urea groups is 1. The Labute approximate surface area is 174 Å². The zero-order chi connectivity index (χ0) is 20.8. The largest absolute Gasteiger partial charge is 0.343 e. The molecule has 0 saturated carbocycles. The van der Waals surface area contributed by atoms with Crippen molar-refractivity contribution in [2.75, 3.05) is 11.6 Å². The van der Waals surface area contributed by atoms with E-state index in [2.05, 4.69) is 15.7 Å². The fourth-order valence-corrected chi connectivity index (χ4v) is 3.38. The van der Waals surface area contributed by atoms with Gasteiger partial charge in [0.05, 0.1) is 5.69 Å². The van der Waals surface area contributed by atoms with Crippen molar-refractivity contribution in [1.82, 2.24) is 15.7 Å². The third-order valence-electron chi connectivity index (χ3n) is 4.29. The van der Waals surface area contributed by atoms with Gasteiger partial charge in [0.2, 0.25) is 5.13 Å². The molecule has 0 saturated heterocycles. The Morgan fingerprint density at radius 3 is 2.24 bits per heavy atom. The van der Waals surface area contributed by atoms with Gasteiger partial charge in [-0.15, -0.1) is 11.3 Å². The molecule has 0 spiro atoms. The minimum absolute atomic E-state index is 0.372. The zero-order valence-corrected chi connectivity index (χ0v) is 17.5. The summed E-state index contributed by atoms with van der Waals surface area (Å²) in [6.45, 7) is 6.45. The summed E-state index contributed by atoms with van der Waals surface area (Å²) in [6, 6.07) is 14.8. The highest BCUT2D eigenvalue weighted by atomic mass is 32.1. The highest BCUT2D eigenvalue weighted by Gasteiger charge is 2.22. The van der Waals surface area contributed by atoms with E-state index in [0.717, 1.165) is 28.8 Å². The number of nitrogens with zero attached hydrogens (tertiary/aromatic N) is 2. The summed E-state index contributed by atoms with van der Waals surface area (Å²) in [4.78, 5) is 29.9. The number of nitrogens with one attached hydrogen (secondary N) is 2. The van der Waals surface area contributed by atoms with Crippen molar-refractivity contribution in [3.05, 3.63) is 70.6 Å². The predicted molar refractivity (Wildman–Crippen MR) is 117 cm³/mol. The van der Waals surface area contributed by atoms with Crippen molar-refractivity contribution in [3.8, 4) is 11.3 Å². The average Bonchev–Trinajstić information content (AvgIpc) is 3.21. The van der Waals surface area contributed by atoms with Gasteiger partial charge in [-0.1, -0.05) is 54.4 Å². The highest BCUT2D eigenvalue weighted by Crippen LogP contribution is 2.27. The number of hydrogen-bond donors (Lipinski definition) is 2. The summed E-state index contributed by atoms with van der Waals surface area (Å²) in [5, 5.41) is 6.24. The third-order valence-corrected chi connectivity index (χ3v) is 5.11. The van der Waals surface area contributed by atoms with Crippen LogP contribution in [0.25, 0.3) is 11.3 Å². The quantitative estimate of drug-likeness (QED) is 0.601. The van der Waals surface area contributed by atoms with Crippen molar-refractivity contribution < 1.29 is 9.59 Å². The molecule has 2 aromatic carbocycles. The van der Waals surface area contributed by atoms with Crippen molar-refractivity contribution >= 4 is 28.4 Å². The molecule has 3 aromatic rings. The zero-order valence-electron chi connectivity index (χ0n) is 16.7. The maximum absolute atomic E-state index is 12.7. The molecule has 0 unspecified atom stereocenters. The Bertz CT molecular complexity index is 981. The van der Waals surface area contributed by atoms with Crippen molar-refractivity contribution in [2.45, 2.75) is 27.2 Å². The number of hydrazine groups is 1. The second-order valence-corrected chi connectivity index (χ2v) is 7.59. The SMILES string of the molecule is CCCNC(=O)N(NC(=O)c1ccc(C)cc1)c1nc(-c2ccc(C)cc2)cs1. The summed E-state index contributed by atoms with van der Waals surface area (Å²) in [7, 11) is 0. The summed E-state index contributed by atoms with van der Waals surface area (Å²) >= 11 is 1.30. The van der Waals surface area contributed by atoms with E-state index in [1.165, 1.54) is 16.3 Å². The van der Waals surface area contributed by atoms with E-state index in [4.69, 9.17) is 0 Å². The van der Waals surface area contributed by atoms with Gasteiger partial charge >= 0.3 is 6.03 Å². The number of rotatable bonds is 5. The van der Waals surface area contributed by atoms with Gasteiger partial charge in [0, 0.05) is 23.1 Å². The van der Waals surface area contributed by atoms with E-state index in [-0.39, 0.29) is 5.91 Å². The van der Waals surface area contributed by atoms with Gasteiger partial charge in [-0.2, -0.15) is 5.01 Å². The van der Waals surface area contributed by atoms with Crippen LogP contribution in [0.1, 0.15) is 34.8 Å². The minimum Gasteiger partial charge on any atom is -0.336 e. The van der Waals surface area contributed by atoms with Gasteiger partial charge in [0.1, 0.15) is 0 Å². The second-order valence-electron chi connectivity index (χ2n) is 6.76. The van der Waals surface area contributed by atoms with E-state index in [9.17, 15) is 9.59 Å². The van der Waals surface area contributed by atoms with Crippen LogP contribution in [0.15, 0.2) is 53.9 Å². The molecule has 7 heteroatoms. The Morgan fingerprint density at radius 2 is 1.62 bits per heavy atom. The Morgan fingerprint density at radius 1 is 1.00 bits per heavy atom. The van der Waals surface area contributed by atoms with Crippen LogP contribution in [0.3, 0.4) is 0 Å². The van der Waals surface area contributed by atoms with Crippen LogP contribution in [0.2, 0.25) is 0 Å². The molecular formula is C22H24N4O2S. The minimum atomic E-state index is -0.419. The molecule has 0 fully saturated rings. The molecule has 3 rings (SSSR count). The predicted octanol–water partition coefficient (Wildman–Crippen LogP) is 4.70. The number of carbonyl (C=O) groups is 2. The number of amides is 3. The second kappa shape index (κ2) is 9.34. The Balaban J connectivity index is 1.85. The lowest BCUT2D eigenvalue weighted by Crippen LogP contribution is -2.51. The molecule has 0 aliphatic rings. The van der Waals surface area contributed by atoms with E-state index >= 15 is 0 Å². The topological polar surface area (TPSA) is 74.3 Å². The number of aromatic nitrogens is 1. The molecule has 0 atom stereocenters. The highest BCUT2D eigenvalue weighted by molar-refractivity contribution is 7.14. The van der Waals surface area contributed by atoms with Crippen LogP contribution in [-0.2, 0) is 0 Å². The lowest BCUT2D eigenvalue weighted by atomic mass is 10.1. The van der Waals surface area contributed by atoms with Gasteiger partial charge in [-0.3, -0.25) is 10.2 Å². The van der Waals surface area contributed by atoms with Crippen molar-refractivity contribution in [1.29, 1.82) is 0 Å². The number of benzene rings is 2. The first-order valence-corrected chi connectivity index (χ1v) is 10.3. The Hall–Kier alpha value is -3.19. The molecule has 0 aliphatic carbocycles. The van der Waals surface area contributed by atoms with Crippen LogP contribution < -0.4 is 15.8 Å². The molecule has 0 aliphatic heterocycles. The van der Waals surface area contributed by atoms with Crippen LogP contribution in [0.5, 0.6) is 0 Å². The maximum Gasteiger partial charge on any atom is 0.343 e. The first kappa shape index (κ1) is 20.5. The smallest absolute Gasteiger partial charge is 0.336 e. The van der Waals surface area contributed by atoms with Crippen LogP contribution in [-0.4, -0.2) is 23.5 Å². The number of aryl methyl sites for hydroxylation is 2. The van der Waals surface area contributed by atoms with E-state index < -0.39 is 6.03 Å². The van der Waals surface area contributed by atoms with Gasteiger partial charge in [-0.25, -0.2) is 9.78 Å². The Kier molecular flexibility index (Phi) is 6.61. The first-order chi connectivity index (χ1) is 14.0. The number of thiazole rings is 1. The van der Waals surface area contributed by atoms with E-state index in [0.29, 0.717) is 17.2 Å². The van der Waals surface area contributed by atoms with Gasteiger partial charge in [0.15, 0.2) is 0 Å². The summed E-state index contributed by atoms with van der Waals surface area (Å²) in [5.74, 6) is -0.372. The van der Waals surface area contributed by atoms with E-state index in [1.807, 2.05) is 62.5 Å². The number of carbonyl (C=O) groups excluding carboxylic acids is 2. The third kappa shape index (κ3) is 5.20. The molecule has 29 heavy (non-hydrogen) atoms. The van der Waals surface area contributed by atoms with Crippen molar-refractivity contribution in [3.63, 3.8) is 0 Å². The molecule has 1 heterocycles. The molecule has 0 bridgehead atoms. The summed E-state index contributed by atoms with van der Waals surface area (Å²) in [6.07, 6.45) is 0.790. The monoisotopic (exact) mass is 408 g/mol. The fourth-order valence-electron chi connectivity index (χ4n) is 2.59. The standard InChI is InChI=1S/C22H24N4O2S/c1-4-13-23-21(28)26(25-20(27)18-11-7-16(3)8-12-18)22-24-19(14-29-22)17-9-5-15(2)6-10-17/h5-12,14H,4,13H2,1-3H3,(H,23,28)(H,25,27). The van der Waals surface area contributed by atoms with E-state index in [1.54, 1.807) is 12.1 Å². The molecule has 1 aromatic heterocycles.